The van der Waals surface area contributed by atoms with Crippen LogP contribution < -0.4 is 15.6 Å². The van der Waals surface area contributed by atoms with E-state index in [2.05, 4.69) is 32.2 Å². The van der Waals surface area contributed by atoms with Crippen LogP contribution in [0.25, 0.3) is 11.4 Å². The molecule has 0 amide bonds. The minimum Gasteiger partial charge on any atom is -0.478 e. The van der Waals surface area contributed by atoms with Crippen LogP contribution in [0.4, 0.5) is 5.82 Å². The number of pyridine rings is 2. The van der Waals surface area contributed by atoms with Crippen LogP contribution in [0.1, 0.15) is 24.6 Å². The third kappa shape index (κ3) is 4.66. The summed E-state index contributed by atoms with van der Waals surface area (Å²) in [7, 11) is 0. The van der Waals surface area contributed by atoms with Crippen LogP contribution in [-0.4, -0.2) is 26.5 Å². The number of hydrogen-bond donors (Lipinski definition) is 2. The molecule has 0 spiro atoms. The van der Waals surface area contributed by atoms with Crippen molar-refractivity contribution < 1.29 is 4.74 Å². The van der Waals surface area contributed by atoms with Gasteiger partial charge in [0.1, 0.15) is 11.6 Å². The first-order valence-corrected chi connectivity index (χ1v) is 8.50. The van der Waals surface area contributed by atoms with Gasteiger partial charge < -0.3 is 15.0 Å². The lowest BCUT2D eigenvalue weighted by atomic mass is 10.2. The normalized spacial score (nSPS) is 10.5. The Labute approximate surface area is 151 Å². The Morgan fingerprint density at radius 1 is 1.15 bits per heavy atom. The lowest BCUT2D eigenvalue weighted by molar-refractivity contribution is 0.305. The second-order valence-electron chi connectivity index (χ2n) is 5.87. The number of nitrogens with one attached hydrogen (secondary N) is 2. The molecular weight excluding hydrogens is 330 g/mol. The number of H-pyrrole nitrogens is 1. The van der Waals surface area contributed by atoms with Crippen molar-refractivity contribution in [2.75, 3.05) is 11.9 Å². The lowest BCUT2D eigenvalue weighted by Crippen LogP contribution is -2.08. The smallest absolute Gasteiger partial charge is 0.251 e. The Bertz CT molecular complexity index is 904. The van der Waals surface area contributed by atoms with Gasteiger partial charge in [0.15, 0.2) is 0 Å². The number of rotatable bonds is 7. The first-order chi connectivity index (χ1) is 12.6. The van der Waals surface area contributed by atoms with Crippen LogP contribution in [0.2, 0.25) is 0 Å². The van der Waals surface area contributed by atoms with E-state index >= 15 is 0 Å². The molecule has 3 rings (SSSR count). The molecule has 0 aliphatic rings. The van der Waals surface area contributed by atoms with E-state index in [1.807, 2.05) is 24.3 Å². The minimum absolute atomic E-state index is 0.173. The number of aromatic nitrogens is 4. The van der Waals surface area contributed by atoms with Gasteiger partial charge in [-0.15, -0.1) is 0 Å². The zero-order chi connectivity index (χ0) is 18.4. The van der Waals surface area contributed by atoms with Crippen molar-refractivity contribution in [3.63, 3.8) is 0 Å². The van der Waals surface area contributed by atoms with E-state index in [-0.39, 0.29) is 5.56 Å². The average molecular weight is 351 g/mol. The van der Waals surface area contributed by atoms with Crippen LogP contribution in [0.15, 0.2) is 47.5 Å². The fourth-order valence-electron chi connectivity index (χ4n) is 2.35. The quantitative estimate of drug-likeness (QED) is 0.680. The summed E-state index contributed by atoms with van der Waals surface area (Å²) in [6.45, 7) is 5.12. The zero-order valence-corrected chi connectivity index (χ0v) is 14.8. The summed E-state index contributed by atoms with van der Waals surface area (Å²) in [5.41, 5.74) is 2.29. The monoisotopic (exact) mass is 351 g/mol. The van der Waals surface area contributed by atoms with Crippen LogP contribution >= 0.6 is 0 Å². The summed E-state index contributed by atoms with van der Waals surface area (Å²) in [5, 5.41) is 3.24. The number of anilines is 1. The van der Waals surface area contributed by atoms with E-state index in [1.165, 1.54) is 6.07 Å². The molecule has 134 valence electrons. The standard InChI is InChI=1S/C19H21N5O2/c1-3-8-26-18-7-4-14(11-22-18)10-20-16-6-5-15(12-21-16)19-23-13(2)9-17(25)24-19/h4-7,9,11-12H,3,8,10H2,1-2H3,(H,20,21)(H,23,24,25). The molecule has 26 heavy (non-hydrogen) atoms. The highest BCUT2D eigenvalue weighted by atomic mass is 16.5. The van der Waals surface area contributed by atoms with Crippen molar-refractivity contribution in [3.8, 4) is 17.3 Å². The maximum Gasteiger partial charge on any atom is 0.251 e. The van der Waals surface area contributed by atoms with Crippen molar-refractivity contribution in [3.05, 3.63) is 64.3 Å². The van der Waals surface area contributed by atoms with Crippen LogP contribution in [-0.2, 0) is 6.54 Å². The van der Waals surface area contributed by atoms with Gasteiger partial charge in [-0.2, -0.15) is 0 Å². The number of aromatic amines is 1. The molecule has 0 saturated carbocycles. The molecule has 7 heteroatoms. The van der Waals surface area contributed by atoms with Crippen molar-refractivity contribution in [2.45, 2.75) is 26.8 Å². The third-order valence-electron chi connectivity index (χ3n) is 3.63. The summed E-state index contributed by atoms with van der Waals surface area (Å²) in [5.74, 6) is 1.88. The summed E-state index contributed by atoms with van der Waals surface area (Å²) in [4.78, 5) is 27.2. The summed E-state index contributed by atoms with van der Waals surface area (Å²) < 4.78 is 5.47. The first-order valence-electron chi connectivity index (χ1n) is 8.50. The van der Waals surface area contributed by atoms with E-state index in [1.54, 1.807) is 19.3 Å². The van der Waals surface area contributed by atoms with E-state index < -0.39 is 0 Å². The molecule has 0 aromatic carbocycles. The summed E-state index contributed by atoms with van der Waals surface area (Å²) in [6, 6.07) is 9.01. The van der Waals surface area contributed by atoms with Gasteiger partial charge in [0.05, 0.1) is 6.61 Å². The van der Waals surface area contributed by atoms with Crippen molar-refractivity contribution in [1.82, 2.24) is 19.9 Å². The van der Waals surface area contributed by atoms with Gasteiger partial charge in [0.25, 0.3) is 5.56 Å². The molecule has 0 fully saturated rings. The van der Waals surface area contributed by atoms with Crippen molar-refractivity contribution >= 4 is 5.82 Å². The topological polar surface area (TPSA) is 92.8 Å². The highest BCUT2D eigenvalue weighted by Gasteiger charge is 2.04. The molecule has 3 aromatic rings. The molecule has 3 heterocycles. The van der Waals surface area contributed by atoms with Gasteiger partial charge in [-0.1, -0.05) is 13.0 Å². The van der Waals surface area contributed by atoms with Gasteiger partial charge in [-0.25, -0.2) is 15.0 Å². The Morgan fingerprint density at radius 3 is 2.69 bits per heavy atom. The Hall–Kier alpha value is -3.22. The summed E-state index contributed by atoms with van der Waals surface area (Å²) >= 11 is 0. The fourth-order valence-corrected chi connectivity index (χ4v) is 2.35. The second kappa shape index (κ2) is 8.24. The summed E-state index contributed by atoms with van der Waals surface area (Å²) in [6.07, 6.45) is 4.42. The first kappa shape index (κ1) is 17.6. The SMILES string of the molecule is CCCOc1ccc(CNc2ccc(-c3nc(C)cc(=O)[nH]3)cn2)cn1. The maximum absolute atomic E-state index is 11.5. The number of aryl methyl sites for hydroxylation is 1. The molecule has 2 N–H and O–H groups in total. The molecule has 7 nitrogen and oxygen atoms in total. The molecule has 0 atom stereocenters. The van der Waals surface area contributed by atoms with Crippen LogP contribution in [0.5, 0.6) is 5.88 Å². The number of hydrogen-bond acceptors (Lipinski definition) is 6. The van der Waals surface area contributed by atoms with E-state index in [9.17, 15) is 4.79 Å². The highest BCUT2D eigenvalue weighted by Crippen LogP contribution is 2.15. The lowest BCUT2D eigenvalue weighted by Gasteiger charge is -2.08. The largest absolute Gasteiger partial charge is 0.478 e. The molecule has 3 aromatic heterocycles. The van der Waals surface area contributed by atoms with Crippen LogP contribution in [0, 0.1) is 6.92 Å². The fraction of sp³-hybridized carbons (Fsp3) is 0.263. The van der Waals surface area contributed by atoms with Gasteiger partial charge in [0, 0.05) is 42.3 Å². The average Bonchev–Trinajstić information content (AvgIpc) is 2.65. The van der Waals surface area contributed by atoms with E-state index in [0.717, 1.165) is 23.4 Å². The Morgan fingerprint density at radius 2 is 2.04 bits per heavy atom. The molecule has 0 bridgehead atoms. The maximum atomic E-state index is 11.5. The zero-order valence-electron chi connectivity index (χ0n) is 14.8. The molecular formula is C19H21N5O2. The molecule has 0 radical (unpaired) electrons. The predicted octanol–water partition coefficient (Wildman–Crippen LogP) is 2.94. The molecule has 0 aliphatic heterocycles. The van der Waals surface area contributed by atoms with Gasteiger partial charge in [0.2, 0.25) is 5.88 Å². The second-order valence-corrected chi connectivity index (χ2v) is 5.87. The predicted molar refractivity (Wildman–Crippen MR) is 100 cm³/mol. The van der Waals surface area contributed by atoms with Crippen molar-refractivity contribution in [1.29, 1.82) is 0 Å². The Balaban J connectivity index is 1.61. The highest BCUT2D eigenvalue weighted by molar-refractivity contribution is 5.55. The van der Waals surface area contributed by atoms with E-state index in [0.29, 0.717) is 30.5 Å². The molecule has 0 saturated heterocycles. The van der Waals surface area contributed by atoms with E-state index in [4.69, 9.17) is 4.74 Å². The van der Waals surface area contributed by atoms with Gasteiger partial charge in [-0.05, 0) is 31.0 Å². The third-order valence-corrected chi connectivity index (χ3v) is 3.63. The molecule has 0 aliphatic carbocycles. The number of ether oxygens (including phenoxy) is 1. The van der Waals surface area contributed by atoms with Gasteiger partial charge in [-0.3, -0.25) is 4.79 Å². The van der Waals surface area contributed by atoms with Crippen molar-refractivity contribution in [2.24, 2.45) is 0 Å². The minimum atomic E-state index is -0.173. The Kier molecular flexibility index (Phi) is 5.58. The van der Waals surface area contributed by atoms with Gasteiger partial charge >= 0.3 is 0 Å². The molecule has 0 unspecified atom stereocenters. The van der Waals surface area contributed by atoms with Crippen LogP contribution in [0.3, 0.4) is 0 Å². The number of nitrogens with zero attached hydrogens (tertiary/aromatic N) is 3.